The normalized spacial score (nSPS) is 11.1. The second-order valence-electron chi connectivity index (χ2n) is 6.19. The summed E-state index contributed by atoms with van der Waals surface area (Å²) < 4.78 is 28.3. The van der Waals surface area contributed by atoms with E-state index in [2.05, 4.69) is 10.6 Å². The summed E-state index contributed by atoms with van der Waals surface area (Å²) in [5.74, 6) is -0.220. The number of hydrogen-bond acceptors (Lipinski definition) is 7. The number of nitrogens with one attached hydrogen (secondary N) is 2. The summed E-state index contributed by atoms with van der Waals surface area (Å²) in [5, 5.41) is 16.9. The molecule has 0 saturated carbocycles. The van der Waals surface area contributed by atoms with Crippen molar-refractivity contribution in [1.82, 2.24) is 0 Å². The molecule has 0 saturated heterocycles. The van der Waals surface area contributed by atoms with Gasteiger partial charge in [0.2, 0.25) is 0 Å². The minimum absolute atomic E-state index is 0.127. The first-order valence-corrected chi connectivity index (χ1v) is 10.3. The van der Waals surface area contributed by atoms with Crippen molar-refractivity contribution in [3.05, 3.63) is 82.3 Å². The van der Waals surface area contributed by atoms with Gasteiger partial charge in [-0.05, 0) is 42.0 Å². The van der Waals surface area contributed by atoms with Gasteiger partial charge in [-0.3, -0.25) is 14.9 Å². The molecule has 0 atom stereocenters. The number of benzene rings is 2. The number of nitro benzene ring substituents is 1. The van der Waals surface area contributed by atoms with E-state index in [0.29, 0.717) is 5.69 Å². The molecule has 2 N–H and O–H groups in total. The Morgan fingerprint density at radius 1 is 1.14 bits per heavy atom. The number of furan rings is 1. The Hall–Kier alpha value is -3.66. The average Bonchev–Trinajstić information content (AvgIpc) is 3.20. The van der Waals surface area contributed by atoms with Crippen molar-refractivity contribution in [2.45, 2.75) is 11.4 Å². The largest absolute Gasteiger partial charge is 0.459 e. The number of rotatable bonds is 7. The predicted molar refractivity (Wildman–Crippen MR) is 107 cm³/mol. The maximum absolute atomic E-state index is 12.1. The lowest BCUT2D eigenvalue weighted by Crippen LogP contribution is -2.11. The number of anilines is 2. The minimum Gasteiger partial charge on any atom is -0.459 e. The zero-order valence-electron chi connectivity index (χ0n) is 15.3. The van der Waals surface area contributed by atoms with Crippen molar-refractivity contribution in [2.75, 3.05) is 16.9 Å². The highest BCUT2D eigenvalue weighted by atomic mass is 32.2. The van der Waals surface area contributed by atoms with Crippen LogP contribution in [0.4, 0.5) is 17.1 Å². The molecule has 2 aromatic carbocycles. The van der Waals surface area contributed by atoms with E-state index in [1.54, 1.807) is 36.4 Å². The van der Waals surface area contributed by atoms with Crippen LogP contribution < -0.4 is 10.6 Å². The molecule has 3 rings (SSSR count). The molecule has 1 aromatic heterocycles. The average molecular weight is 415 g/mol. The van der Waals surface area contributed by atoms with Crippen LogP contribution >= 0.6 is 0 Å². The number of sulfone groups is 1. The smallest absolute Gasteiger partial charge is 0.293 e. The van der Waals surface area contributed by atoms with Crippen LogP contribution in [0.1, 0.15) is 16.1 Å². The Labute approximate surface area is 166 Å². The Kier molecular flexibility index (Phi) is 5.64. The monoisotopic (exact) mass is 415 g/mol. The molecule has 0 aliphatic heterocycles. The maximum Gasteiger partial charge on any atom is 0.293 e. The topological polar surface area (TPSA) is 132 Å². The fourth-order valence-electron chi connectivity index (χ4n) is 2.60. The minimum atomic E-state index is -3.56. The molecule has 10 heteroatoms. The molecule has 0 fully saturated rings. The summed E-state index contributed by atoms with van der Waals surface area (Å²) in [6, 6.07) is 13.8. The number of amides is 1. The molecule has 0 unspecified atom stereocenters. The fraction of sp³-hybridized carbons (Fsp3) is 0.105. The standard InChI is InChI=1S/C19H17N3O6S/c1-29(26,27)15-7-8-16(17(11-15)22(24)25)20-12-13-4-2-5-14(10-13)21-19(23)18-6-3-9-28-18/h2-11,20H,12H2,1H3,(H,21,23). The van der Waals surface area contributed by atoms with Crippen molar-refractivity contribution in [3.8, 4) is 0 Å². The van der Waals surface area contributed by atoms with Gasteiger partial charge in [-0.2, -0.15) is 0 Å². The van der Waals surface area contributed by atoms with Crippen LogP contribution in [-0.2, 0) is 16.4 Å². The van der Waals surface area contributed by atoms with Crippen molar-refractivity contribution in [2.24, 2.45) is 0 Å². The van der Waals surface area contributed by atoms with Crippen LogP contribution in [0.25, 0.3) is 0 Å². The second kappa shape index (κ2) is 8.15. The third-order valence-electron chi connectivity index (χ3n) is 4.01. The van der Waals surface area contributed by atoms with Crippen LogP contribution in [0.2, 0.25) is 0 Å². The van der Waals surface area contributed by atoms with Crippen molar-refractivity contribution >= 4 is 32.8 Å². The van der Waals surface area contributed by atoms with Crippen molar-refractivity contribution in [1.29, 1.82) is 0 Å². The Morgan fingerprint density at radius 2 is 1.93 bits per heavy atom. The lowest BCUT2D eigenvalue weighted by molar-refractivity contribution is -0.384. The highest BCUT2D eigenvalue weighted by Gasteiger charge is 2.18. The molecule has 0 aliphatic rings. The van der Waals surface area contributed by atoms with Gasteiger partial charge < -0.3 is 15.1 Å². The second-order valence-corrected chi connectivity index (χ2v) is 8.21. The lowest BCUT2D eigenvalue weighted by Gasteiger charge is -2.10. The molecule has 0 bridgehead atoms. The molecule has 9 nitrogen and oxygen atoms in total. The Morgan fingerprint density at radius 3 is 2.59 bits per heavy atom. The van der Waals surface area contributed by atoms with Gasteiger partial charge in [-0.25, -0.2) is 8.42 Å². The summed E-state index contributed by atoms with van der Waals surface area (Å²) in [6.45, 7) is 0.226. The van der Waals surface area contributed by atoms with E-state index in [-0.39, 0.29) is 28.6 Å². The van der Waals surface area contributed by atoms with Gasteiger partial charge in [0, 0.05) is 24.6 Å². The molecule has 0 spiro atoms. The van der Waals surface area contributed by atoms with E-state index < -0.39 is 20.7 Å². The number of nitrogens with zero attached hydrogens (tertiary/aromatic N) is 1. The summed E-state index contributed by atoms with van der Waals surface area (Å²) in [5.41, 5.74) is 1.14. The number of carbonyl (C=O) groups excluding carboxylic acids is 1. The van der Waals surface area contributed by atoms with Gasteiger partial charge >= 0.3 is 0 Å². The summed E-state index contributed by atoms with van der Waals surface area (Å²) in [6.07, 6.45) is 2.39. The fourth-order valence-corrected chi connectivity index (χ4v) is 3.24. The summed E-state index contributed by atoms with van der Waals surface area (Å²) in [4.78, 5) is 22.6. The SMILES string of the molecule is CS(=O)(=O)c1ccc(NCc2cccc(NC(=O)c3ccco3)c2)c([N+](=O)[O-])c1. The molecule has 150 valence electrons. The predicted octanol–water partition coefficient (Wildman–Crippen LogP) is 3.46. The van der Waals surface area contributed by atoms with Crippen LogP contribution in [0, 0.1) is 10.1 Å². The van der Waals surface area contributed by atoms with Crippen LogP contribution in [0.3, 0.4) is 0 Å². The van der Waals surface area contributed by atoms with E-state index in [1.165, 1.54) is 18.4 Å². The quantitative estimate of drug-likeness (QED) is 0.446. The van der Waals surface area contributed by atoms with E-state index in [9.17, 15) is 23.3 Å². The van der Waals surface area contributed by atoms with Crippen LogP contribution in [0.15, 0.2) is 70.2 Å². The Balaban J connectivity index is 1.75. The maximum atomic E-state index is 12.1. The number of nitro groups is 1. The van der Waals surface area contributed by atoms with Gasteiger partial charge in [0.1, 0.15) is 5.69 Å². The molecule has 0 aliphatic carbocycles. The molecule has 3 aromatic rings. The molecule has 29 heavy (non-hydrogen) atoms. The first-order valence-electron chi connectivity index (χ1n) is 8.40. The Bertz CT molecular complexity index is 1160. The molecule has 1 amide bonds. The van der Waals surface area contributed by atoms with E-state index in [4.69, 9.17) is 4.42 Å². The first kappa shape index (κ1) is 20.1. The summed E-state index contributed by atoms with van der Waals surface area (Å²) >= 11 is 0. The molecule has 0 radical (unpaired) electrons. The van der Waals surface area contributed by atoms with Gasteiger partial charge in [-0.1, -0.05) is 12.1 Å². The third-order valence-corrected chi connectivity index (χ3v) is 5.12. The molecular weight excluding hydrogens is 398 g/mol. The number of hydrogen-bond donors (Lipinski definition) is 2. The number of carbonyl (C=O) groups is 1. The van der Waals surface area contributed by atoms with Crippen LogP contribution in [0.5, 0.6) is 0 Å². The van der Waals surface area contributed by atoms with Gasteiger partial charge in [0.25, 0.3) is 11.6 Å². The van der Waals surface area contributed by atoms with E-state index in [1.807, 2.05) is 0 Å². The van der Waals surface area contributed by atoms with Gasteiger partial charge in [0.15, 0.2) is 15.6 Å². The zero-order valence-corrected chi connectivity index (χ0v) is 16.1. The molecular formula is C19H17N3O6S. The van der Waals surface area contributed by atoms with Crippen molar-refractivity contribution in [3.63, 3.8) is 0 Å². The highest BCUT2D eigenvalue weighted by molar-refractivity contribution is 7.90. The third kappa shape index (κ3) is 4.99. The van der Waals surface area contributed by atoms with Gasteiger partial charge in [0.05, 0.1) is 16.1 Å². The highest BCUT2D eigenvalue weighted by Crippen LogP contribution is 2.28. The zero-order chi connectivity index (χ0) is 21.0. The summed E-state index contributed by atoms with van der Waals surface area (Å²) in [7, 11) is -3.56. The lowest BCUT2D eigenvalue weighted by atomic mass is 10.2. The first-order chi connectivity index (χ1) is 13.7. The molecule has 1 heterocycles. The van der Waals surface area contributed by atoms with Crippen molar-refractivity contribution < 1.29 is 22.6 Å². The van der Waals surface area contributed by atoms with Gasteiger partial charge in [-0.15, -0.1) is 0 Å². The van der Waals surface area contributed by atoms with E-state index in [0.717, 1.165) is 17.9 Å². The van der Waals surface area contributed by atoms with E-state index >= 15 is 0 Å². The van der Waals surface area contributed by atoms with Crippen LogP contribution in [-0.4, -0.2) is 25.5 Å².